The number of amides is 1. The van der Waals surface area contributed by atoms with Gasteiger partial charge in [0, 0.05) is 12.1 Å². The first-order valence-electron chi connectivity index (χ1n) is 26.1. The van der Waals surface area contributed by atoms with Crippen molar-refractivity contribution in [1.29, 1.82) is 5.26 Å². The summed E-state index contributed by atoms with van der Waals surface area (Å²) in [5.41, 5.74) is 1.85. The molecule has 0 radical (unpaired) electrons. The van der Waals surface area contributed by atoms with Gasteiger partial charge < -0.3 is 37.2 Å². The summed E-state index contributed by atoms with van der Waals surface area (Å²) in [5.74, 6) is 1.21. The summed E-state index contributed by atoms with van der Waals surface area (Å²) in [4.78, 5) is 39.4. The van der Waals surface area contributed by atoms with Crippen LogP contribution in [0.5, 0.6) is 17.2 Å². The number of ether oxygens (including phenoxy) is 5. The minimum atomic E-state index is -2.75. The zero-order valence-corrected chi connectivity index (χ0v) is 48.8. The highest BCUT2D eigenvalue weighted by atomic mass is 31.2. The Hall–Kier alpha value is -6.00. The van der Waals surface area contributed by atoms with E-state index >= 15 is 0 Å². The molecule has 2 N–H and O–H groups in total. The Morgan fingerprint density at radius 2 is 1.39 bits per heavy atom. The first-order valence-corrected chi connectivity index (χ1v) is 30.1. The van der Waals surface area contributed by atoms with Crippen molar-refractivity contribution in [3.8, 4) is 23.3 Å². The van der Waals surface area contributed by atoms with Gasteiger partial charge in [0.2, 0.25) is 5.95 Å². The highest BCUT2D eigenvalue weighted by Crippen LogP contribution is 2.53. The van der Waals surface area contributed by atoms with Crippen molar-refractivity contribution in [3.05, 3.63) is 142 Å². The van der Waals surface area contributed by atoms with Crippen LogP contribution < -0.4 is 25.1 Å². The van der Waals surface area contributed by atoms with Crippen LogP contribution in [0.25, 0.3) is 11.2 Å². The molecule has 4 aromatic carbocycles. The van der Waals surface area contributed by atoms with Gasteiger partial charge in [-0.1, -0.05) is 108 Å². The quantitative estimate of drug-likeness (QED) is 0.0266. The Labute approximate surface area is 455 Å². The van der Waals surface area contributed by atoms with Gasteiger partial charge in [-0.15, -0.1) is 0 Å². The molecule has 1 amide bonds. The van der Waals surface area contributed by atoms with Crippen LogP contribution >= 0.6 is 8.53 Å². The van der Waals surface area contributed by atoms with Gasteiger partial charge in [0.25, 0.3) is 20.0 Å². The van der Waals surface area contributed by atoms with Crippen molar-refractivity contribution in [3.63, 3.8) is 0 Å². The Morgan fingerprint density at radius 1 is 0.831 bits per heavy atom. The molecule has 2 unspecified atom stereocenters. The summed E-state index contributed by atoms with van der Waals surface area (Å²) in [7, 11) is -1.38. The number of aromatic nitrogens is 4. The average Bonchev–Trinajstić information content (AvgIpc) is 4.02. The van der Waals surface area contributed by atoms with E-state index in [1.807, 2.05) is 103 Å². The zero-order valence-electron chi connectivity index (χ0n) is 47.0. The number of nitriles is 1. The molecule has 3 heterocycles. The normalized spacial score (nSPS) is 17.7. The lowest BCUT2D eigenvalue weighted by Gasteiger charge is -2.42. The molecule has 77 heavy (non-hydrogen) atoms. The fourth-order valence-corrected chi connectivity index (χ4v) is 12.1. The molecule has 0 bridgehead atoms. The monoisotopic (exact) mass is 1090 g/mol. The van der Waals surface area contributed by atoms with Gasteiger partial charge in [-0.25, -0.2) is 9.65 Å². The van der Waals surface area contributed by atoms with Crippen LogP contribution in [0.1, 0.15) is 104 Å². The number of fused-ring (bicyclic) bond motifs is 1. The molecule has 1 aliphatic heterocycles. The van der Waals surface area contributed by atoms with Crippen LogP contribution in [0.2, 0.25) is 18.1 Å². The molecule has 7 rings (SSSR count). The number of nitrogens with zero attached hydrogens (tertiary/aromatic N) is 5. The number of nitrogens with one attached hydrogen (secondary N) is 2. The summed E-state index contributed by atoms with van der Waals surface area (Å²) >= 11 is 0. The smallest absolute Gasteiger partial charge is 0.280 e. The number of aromatic amines is 1. The van der Waals surface area contributed by atoms with E-state index in [-0.39, 0.29) is 65.9 Å². The molecule has 0 saturated carbocycles. The maximum absolute atomic E-state index is 13.9. The molecule has 19 heteroatoms. The summed E-state index contributed by atoms with van der Waals surface area (Å²) in [6.07, 6.45) is -2.07. The van der Waals surface area contributed by atoms with E-state index in [9.17, 15) is 14.9 Å². The number of hydrogen-bond donors (Lipinski definition) is 2. The van der Waals surface area contributed by atoms with Crippen molar-refractivity contribution in [2.75, 3.05) is 39.4 Å². The van der Waals surface area contributed by atoms with Gasteiger partial charge >= 0.3 is 0 Å². The van der Waals surface area contributed by atoms with E-state index in [1.165, 1.54) is 6.33 Å². The molecule has 5 atom stereocenters. The molecule has 6 aromatic rings. The van der Waals surface area contributed by atoms with Crippen LogP contribution in [-0.2, 0) is 38.8 Å². The highest BCUT2D eigenvalue weighted by molar-refractivity contribution is 7.44. The number of hydrogen-bond acceptors (Lipinski definition) is 14. The molecule has 0 aliphatic carbocycles. The van der Waals surface area contributed by atoms with Gasteiger partial charge in [-0.2, -0.15) is 10.2 Å². The molecule has 412 valence electrons. The van der Waals surface area contributed by atoms with Crippen LogP contribution in [-0.4, -0.2) is 103 Å². The number of carbonyl (C=O) groups is 1. The van der Waals surface area contributed by atoms with Crippen molar-refractivity contribution < 1.29 is 42.0 Å². The Bertz CT molecular complexity index is 2930. The molecule has 2 aromatic heterocycles. The van der Waals surface area contributed by atoms with E-state index in [4.69, 9.17) is 42.1 Å². The number of rotatable bonds is 23. The van der Waals surface area contributed by atoms with Gasteiger partial charge in [0.1, 0.15) is 41.2 Å². The standard InChI is InChI=1S/C58H76N7O10PSi/c1-38(2)65(39(3)4)76(72-34-18-33-59)74-50-47(35-71-58(41-19-16-15-17-20-41,42-23-27-44(68-11)28-24-42)43-25-29-45(69-12)30-26-43)73-54(51(50)75-77(13,14)57(8,9)10)64-37-60-49-52(64)62-55(63-53(49)67)61-48(66)36-70-46-31-21-40(22-32-46)56(5,6)7/h15-17,19-32,37-39,47,50-51,54H,18,34-36H2,1-14H3,(H2,61,62,63,66,67)/t47?,50-,51-,54-,76?/m1/s1. The van der Waals surface area contributed by atoms with E-state index in [1.54, 1.807) is 18.8 Å². The molecule has 1 fully saturated rings. The van der Waals surface area contributed by atoms with E-state index in [0.29, 0.717) is 17.2 Å². The predicted molar refractivity (Wildman–Crippen MR) is 302 cm³/mol. The summed E-state index contributed by atoms with van der Waals surface area (Å²) < 4.78 is 57.4. The molecule has 0 spiro atoms. The van der Waals surface area contributed by atoms with Crippen molar-refractivity contribution in [2.24, 2.45) is 0 Å². The number of methoxy groups -OCH3 is 2. The first kappa shape index (κ1) is 58.7. The lowest BCUT2D eigenvalue weighted by atomic mass is 9.80. The average molecular weight is 1090 g/mol. The molecule has 1 saturated heterocycles. The number of benzene rings is 4. The number of imidazole rings is 1. The van der Waals surface area contributed by atoms with Gasteiger partial charge in [-0.05, 0) is 110 Å². The van der Waals surface area contributed by atoms with Crippen LogP contribution in [0.4, 0.5) is 5.95 Å². The molecular formula is C58H76N7O10PSi. The third kappa shape index (κ3) is 13.5. The van der Waals surface area contributed by atoms with Gasteiger partial charge in [0.15, 0.2) is 32.3 Å². The third-order valence-corrected chi connectivity index (χ3v) is 20.7. The van der Waals surface area contributed by atoms with E-state index in [0.717, 1.165) is 22.3 Å². The van der Waals surface area contributed by atoms with Crippen LogP contribution in [0, 0.1) is 11.3 Å². The van der Waals surface area contributed by atoms with Crippen LogP contribution in [0.15, 0.2) is 114 Å². The Kier molecular flexibility index (Phi) is 18.9. The molecular weight excluding hydrogens is 1010 g/mol. The lowest BCUT2D eigenvalue weighted by Crippen LogP contribution is -2.50. The topological polar surface area (TPSA) is 194 Å². The summed E-state index contributed by atoms with van der Waals surface area (Å²) in [6, 6.07) is 35.3. The van der Waals surface area contributed by atoms with E-state index in [2.05, 4.69) is 108 Å². The fourth-order valence-electron chi connectivity index (χ4n) is 9.06. The minimum Gasteiger partial charge on any atom is -0.497 e. The SMILES string of the molecule is COc1ccc(C(OCC2O[C@@H](n3cnc4c(=O)[nH]c(NC(=O)COc5ccc(C(C)(C)C)cc5)nc43)[C@H](O[Si](C)(C)C(C)(C)C)[C@@H]2OP(OCCC#N)N(C(C)C)C(C)C)(c2ccccc2)c2ccc(OC)cc2)cc1. The minimum absolute atomic E-state index is 0.0139. The second kappa shape index (κ2) is 24.8. The number of H-pyrrole nitrogens is 1. The predicted octanol–water partition coefficient (Wildman–Crippen LogP) is 11.4. The molecule has 17 nitrogen and oxygen atoms in total. The Balaban J connectivity index is 1.36. The largest absolute Gasteiger partial charge is 0.497 e. The highest BCUT2D eigenvalue weighted by Gasteiger charge is 2.54. The summed E-state index contributed by atoms with van der Waals surface area (Å²) in [5, 5.41) is 12.1. The summed E-state index contributed by atoms with van der Waals surface area (Å²) in [6.45, 7) is 25.2. The van der Waals surface area contributed by atoms with Crippen molar-refractivity contribution >= 4 is 39.9 Å². The van der Waals surface area contributed by atoms with Crippen LogP contribution in [0.3, 0.4) is 0 Å². The molecule has 1 aliphatic rings. The number of carbonyl (C=O) groups excluding carboxylic acids is 1. The zero-order chi connectivity index (χ0) is 55.9. The van der Waals surface area contributed by atoms with Crippen molar-refractivity contribution in [1.82, 2.24) is 24.2 Å². The fraction of sp³-hybridized carbons (Fsp3) is 0.466. The second-order valence-electron chi connectivity index (χ2n) is 22.2. The van der Waals surface area contributed by atoms with Gasteiger partial charge in [-0.3, -0.25) is 24.5 Å². The third-order valence-electron chi connectivity index (χ3n) is 14.1. The lowest BCUT2D eigenvalue weighted by molar-refractivity contribution is -0.118. The number of anilines is 1. The second-order valence-corrected chi connectivity index (χ2v) is 28.4. The Morgan fingerprint density at radius 3 is 1.92 bits per heavy atom. The van der Waals surface area contributed by atoms with Crippen molar-refractivity contribution in [2.45, 2.75) is 141 Å². The van der Waals surface area contributed by atoms with Gasteiger partial charge in [0.05, 0.1) is 46.3 Å². The first-order chi connectivity index (χ1) is 36.5. The maximum atomic E-state index is 13.9. The maximum Gasteiger partial charge on any atom is 0.280 e. The van der Waals surface area contributed by atoms with E-state index < -0.39 is 58.5 Å².